The highest BCUT2D eigenvalue weighted by Gasteiger charge is 2.24. The Morgan fingerprint density at radius 1 is 1.25 bits per heavy atom. The van der Waals surface area contributed by atoms with E-state index in [0.29, 0.717) is 15.2 Å². The summed E-state index contributed by atoms with van der Waals surface area (Å²) in [7, 11) is 0.590. The molecule has 24 heavy (non-hydrogen) atoms. The highest BCUT2D eigenvalue weighted by molar-refractivity contribution is 7.35. The fraction of sp³-hybridized carbons (Fsp3) is 0.278. The SMILES string of the molecule is CPn1c(-c2ccccc2)c(CC(C)(C)N=[N+]=[N-])c2ccncc21. The molecule has 0 N–H and O–H groups in total. The topological polar surface area (TPSA) is 66.6 Å². The van der Waals surface area contributed by atoms with Crippen LogP contribution in [0.15, 0.2) is 53.9 Å². The molecule has 0 aliphatic rings. The molecule has 0 saturated heterocycles. The van der Waals surface area contributed by atoms with Crippen molar-refractivity contribution in [2.75, 3.05) is 6.66 Å². The minimum absolute atomic E-state index is 0.489. The van der Waals surface area contributed by atoms with E-state index in [1.54, 1.807) is 0 Å². The summed E-state index contributed by atoms with van der Waals surface area (Å²) in [6.45, 7) is 6.11. The van der Waals surface area contributed by atoms with Crippen molar-refractivity contribution >= 4 is 19.6 Å². The quantitative estimate of drug-likeness (QED) is 0.266. The molecule has 0 aliphatic heterocycles. The monoisotopic (exact) mass is 337 g/mol. The number of pyridine rings is 1. The fourth-order valence-electron chi connectivity index (χ4n) is 3.10. The highest BCUT2D eigenvalue weighted by Crippen LogP contribution is 2.39. The maximum absolute atomic E-state index is 8.88. The lowest BCUT2D eigenvalue weighted by molar-refractivity contribution is 0.516. The summed E-state index contributed by atoms with van der Waals surface area (Å²) in [4.78, 5) is 7.32. The number of aromatic nitrogens is 2. The highest BCUT2D eigenvalue weighted by atomic mass is 31.1. The maximum Gasteiger partial charge on any atom is 0.0706 e. The maximum atomic E-state index is 8.88. The van der Waals surface area contributed by atoms with Crippen molar-refractivity contribution < 1.29 is 0 Å². The van der Waals surface area contributed by atoms with Gasteiger partial charge in [0.15, 0.2) is 0 Å². The van der Waals surface area contributed by atoms with Crippen LogP contribution in [0.5, 0.6) is 0 Å². The Hall–Kier alpha value is -2.35. The molecule has 6 heteroatoms. The third-order valence-corrected chi connectivity index (χ3v) is 4.98. The molecule has 1 atom stereocenters. The number of hydrogen-bond acceptors (Lipinski definition) is 2. The molecule has 2 aromatic heterocycles. The Labute approximate surface area is 143 Å². The first-order valence-corrected chi connectivity index (χ1v) is 9.29. The molecule has 1 unspecified atom stereocenters. The second-order valence-corrected chi connectivity index (χ2v) is 7.22. The number of hydrogen-bond donors (Lipinski definition) is 0. The molecule has 122 valence electrons. The van der Waals surface area contributed by atoms with Crippen LogP contribution < -0.4 is 0 Å². The first-order valence-electron chi connectivity index (χ1n) is 7.84. The van der Waals surface area contributed by atoms with Gasteiger partial charge < -0.3 is 4.34 Å². The molecule has 0 fully saturated rings. The van der Waals surface area contributed by atoms with Crippen molar-refractivity contribution in [3.05, 3.63) is 64.8 Å². The summed E-state index contributed by atoms with van der Waals surface area (Å²) in [6, 6.07) is 12.4. The molecule has 0 aliphatic carbocycles. The van der Waals surface area contributed by atoms with Crippen LogP contribution in [-0.2, 0) is 6.42 Å². The fourth-order valence-corrected chi connectivity index (χ4v) is 4.01. The standard InChI is InChI=1S/C18H20N5P/c1-18(2,21-22-19)11-15-14-9-10-20-12-16(14)23(24-3)17(15)13-7-5-4-6-8-13/h4-10,12,24H,11H2,1-3H3. The third kappa shape index (κ3) is 3.01. The summed E-state index contributed by atoms with van der Waals surface area (Å²) in [5.74, 6) is 0. The van der Waals surface area contributed by atoms with E-state index in [2.05, 4.69) is 56.3 Å². The summed E-state index contributed by atoms with van der Waals surface area (Å²) in [5, 5.41) is 5.17. The van der Waals surface area contributed by atoms with Crippen molar-refractivity contribution in [1.29, 1.82) is 0 Å². The minimum Gasteiger partial charge on any atom is -0.320 e. The molecule has 1 aromatic carbocycles. The zero-order chi connectivity index (χ0) is 17.2. The Morgan fingerprint density at radius 3 is 2.67 bits per heavy atom. The van der Waals surface area contributed by atoms with Gasteiger partial charge >= 0.3 is 0 Å². The summed E-state index contributed by atoms with van der Waals surface area (Å²) in [6.07, 6.45) is 4.42. The zero-order valence-corrected chi connectivity index (χ0v) is 15.1. The van der Waals surface area contributed by atoms with Gasteiger partial charge in [-0.05, 0) is 44.5 Å². The van der Waals surface area contributed by atoms with Crippen LogP contribution in [0, 0.1) is 0 Å². The van der Waals surface area contributed by atoms with Crippen molar-refractivity contribution in [2.45, 2.75) is 25.8 Å². The molecule has 2 heterocycles. The van der Waals surface area contributed by atoms with Gasteiger partial charge in [0.1, 0.15) is 0 Å². The van der Waals surface area contributed by atoms with E-state index in [9.17, 15) is 0 Å². The predicted molar refractivity (Wildman–Crippen MR) is 102 cm³/mol. The molecular formula is C18H20N5P. The average Bonchev–Trinajstić information content (AvgIpc) is 2.89. The molecule has 0 spiro atoms. The van der Waals surface area contributed by atoms with Gasteiger partial charge in [0.25, 0.3) is 0 Å². The zero-order valence-electron chi connectivity index (χ0n) is 14.1. The molecule has 0 amide bonds. The van der Waals surface area contributed by atoms with E-state index < -0.39 is 5.54 Å². The number of azide groups is 1. The van der Waals surface area contributed by atoms with Gasteiger partial charge in [0.2, 0.25) is 0 Å². The second-order valence-electron chi connectivity index (χ2n) is 6.32. The molecule has 0 saturated carbocycles. The van der Waals surface area contributed by atoms with Crippen LogP contribution in [0.25, 0.3) is 32.6 Å². The predicted octanol–water partition coefficient (Wildman–Crippen LogP) is 5.41. The Kier molecular flexibility index (Phi) is 4.57. The van der Waals surface area contributed by atoms with E-state index in [4.69, 9.17) is 5.53 Å². The summed E-state index contributed by atoms with van der Waals surface area (Å²) >= 11 is 0. The van der Waals surface area contributed by atoms with Gasteiger partial charge in [-0.1, -0.05) is 49.3 Å². The van der Waals surface area contributed by atoms with Gasteiger partial charge in [-0.15, -0.1) is 0 Å². The number of benzene rings is 1. The van der Waals surface area contributed by atoms with Crippen molar-refractivity contribution in [3.63, 3.8) is 0 Å². The lowest BCUT2D eigenvalue weighted by atomic mass is 9.92. The Bertz CT molecular complexity index is 908. The third-order valence-electron chi connectivity index (χ3n) is 4.07. The van der Waals surface area contributed by atoms with Gasteiger partial charge in [-0.3, -0.25) is 4.98 Å². The van der Waals surface area contributed by atoms with E-state index in [1.165, 1.54) is 22.2 Å². The number of fused-ring (bicyclic) bond motifs is 1. The Morgan fingerprint density at radius 2 is 2.00 bits per heavy atom. The van der Waals surface area contributed by atoms with Gasteiger partial charge in [-0.2, -0.15) is 0 Å². The Balaban J connectivity index is 2.31. The van der Waals surface area contributed by atoms with Crippen LogP contribution in [0.2, 0.25) is 0 Å². The smallest absolute Gasteiger partial charge is 0.0706 e. The average molecular weight is 337 g/mol. The van der Waals surface area contributed by atoms with E-state index in [1.807, 2.05) is 32.3 Å². The van der Waals surface area contributed by atoms with E-state index >= 15 is 0 Å². The first kappa shape index (κ1) is 16.5. The van der Waals surface area contributed by atoms with Gasteiger partial charge in [0.05, 0.1) is 17.4 Å². The molecule has 0 bridgehead atoms. The van der Waals surface area contributed by atoms with Crippen molar-refractivity contribution in [3.8, 4) is 11.3 Å². The summed E-state index contributed by atoms with van der Waals surface area (Å²) < 4.78 is 2.32. The minimum atomic E-state index is -0.489. The molecular weight excluding hydrogens is 317 g/mol. The second kappa shape index (κ2) is 6.64. The molecule has 3 aromatic rings. The first-order chi connectivity index (χ1) is 11.6. The van der Waals surface area contributed by atoms with Gasteiger partial charge in [-0.25, -0.2) is 0 Å². The van der Waals surface area contributed by atoms with Crippen LogP contribution in [0.4, 0.5) is 0 Å². The lowest BCUT2D eigenvalue weighted by Gasteiger charge is -2.19. The van der Waals surface area contributed by atoms with Crippen molar-refractivity contribution in [2.24, 2.45) is 5.11 Å². The number of rotatable bonds is 5. The van der Waals surface area contributed by atoms with Crippen LogP contribution in [0.3, 0.4) is 0 Å². The lowest BCUT2D eigenvalue weighted by Crippen LogP contribution is -2.19. The van der Waals surface area contributed by atoms with E-state index in [0.717, 1.165) is 5.52 Å². The van der Waals surface area contributed by atoms with Crippen LogP contribution in [-0.4, -0.2) is 21.5 Å². The van der Waals surface area contributed by atoms with Crippen LogP contribution >= 0.6 is 8.73 Å². The molecule has 0 radical (unpaired) electrons. The molecule has 5 nitrogen and oxygen atoms in total. The normalized spacial score (nSPS) is 12.0. The molecule has 3 rings (SSSR count). The van der Waals surface area contributed by atoms with E-state index in [-0.39, 0.29) is 0 Å². The number of nitrogens with zero attached hydrogens (tertiary/aromatic N) is 5. The van der Waals surface area contributed by atoms with Crippen LogP contribution in [0.1, 0.15) is 19.4 Å². The largest absolute Gasteiger partial charge is 0.320 e. The van der Waals surface area contributed by atoms with Crippen molar-refractivity contribution in [1.82, 2.24) is 9.32 Å². The summed E-state index contributed by atoms with van der Waals surface area (Å²) in [5.41, 5.74) is 13.1. The van der Waals surface area contributed by atoms with Gasteiger partial charge in [0, 0.05) is 22.0 Å².